The molecule has 6 nitrogen and oxygen atoms in total. The molecule has 1 aliphatic carbocycles. The Morgan fingerprint density at radius 1 is 1.45 bits per heavy atom. The summed E-state index contributed by atoms with van der Waals surface area (Å²) in [5.41, 5.74) is 0.936. The Bertz CT molecular complexity index is 624. The molecule has 2 aromatic rings. The number of nitrogens with one attached hydrogen (secondary N) is 1. The Balaban J connectivity index is 1.58. The number of hydrogen-bond acceptors (Lipinski definition) is 5. The molecular formula is C15H21N5OS. The lowest BCUT2D eigenvalue weighted by Gasteiger charge is -2.34. The van der Waals surface area contributed by atoms with Crippen LogP contribution >= 0.6 is 11.3 Å². The van der Waals surface area contributed by atoms with Gasteiger partial charge >= 0.3 is 0 Å². The van der Waals surface area contributed by atoms with E-state index in [4.69, 9.17) is 0 Å². The van der Waals surface area contributed by atoms with E-state index in [9.17, 15) is 4.79 Å². The highest BCUT2D eigenvalue weighted by Crippen LogP contribution is 2.29. The molecule has 0 saturated heterocycles. The molecule has 1 amide bonds. The normalized spacial score (nSPS) is 25.1. The number of thiophene rings is 1. The van der Waals surface area contributed by atoms with Gasteiger partial charge in [-0.15, -0.1) is 10.2 Å². The molecule has 0 spiro atoms. The van der Waals surface area contributed by atoms with Gasteiger partial charge in [0.05, 0.1) is 0 Å². The first-order valence-electron chi connectivity index (χ1n) is 7.73. The third-order valence-corrected chi connectivity index (χ3v) is 5.25. The van der Waals surface area contributed by atoms with Gasteiger partial charge in [0.25, 0.3) is 0 Å². The third kappa shape index (κ3) is 3.35. The Labute approximate surface area is 133 Å². The second-order valence-corrected chi connectivity index (χ2v) is 6.88. The van der Waals surface area contributed by atoms with E-state index in [-0.39, 0.29) is 18.5 Å². The fourth-order valence-corrected chi connectivity index (χ4v) is 3.62. The van der Waals surface area contributed by atoms with Crippen molar-refractivity contribution in [1.82, 2.24) is 25.5 Å². The number of amides is 1. The molecular weight excluding hydrogens is 298 g/mol. The zero-order valence-corrected chi connectivity index (χ0v) is 13.7. The minimum absolute atomic E-state index is 0.0415. The van der Waals surface area contributed by atoms with E-state index in [1.165, 1.54) is 17.6 Å². The minimum Gasteiger partial charge on any atom is -0.351 e. The van der Waals surface area contributed by atoms with Crippen molar-refractivity contribution in [3.05, 3.63) is 16.8 Å². The number of hydrogen-bond donors (Lipinski definition) is 1. The van der Waals surface area contributed by atoms with Crippen LogP contribution < -0.4 is 5.32 Å². The van der Waals surface area contributed by atoms with Crippen molar-refractivity contribution in [2.45, 2.75) is 45.7 Å². The maximum atomic E-state index is 12.2. The van der Waals surface area contributed by atoms with Crippen molar-refractivity contribution in [3.63, 3.8) is 0 Å². The van der Waals surface area contributed by atoms with Gasteiger partial charge in [0.2, 0.25) is 11.7 Å². The molecule has 3 atom stereocenters. The Morgan fingerprint density at radius 3 is 3.09 bits per heavy atom. The van der Waals surface area contributed by atoms with Gasteiger partial charge < -0.3 is 5.32 Å². The zero-order valence-electron chi connectivity index (χ0n) is 12.9. The van der Waals surface area contributed by atoms with E-state index >= 15 is 0 Å². The summed E-state index contributed by atoms with van der Waals surface area (Å²) in [5, 5.41) is 19.3. The van der Waals surface area contributed by atoms with Gasteiger partial charge in [0.1, 0.15) is 6.54 Å². The summed E-state index contributed by atoms with van der Waals surface area (Å²) in [7, 11) is 0. The number of carbonyl (C=O) groups is 1. The lowest BCUT2D eigenvalue weighted by molar-refractivity contribution is -0.123. The van der Waals surface area contributed by atoms with Crippen molar-refractivity contribution < 1.29 is 4.79 Å². The first-order chi connectivity index (χ1) is 10.6. The fraction of sp³-hybridized carbons (Fsp3) is 0.600. The summed E-state index contributed by atoms with van der Waals surface area (Å²) in [5.74, 6) is 1.70. The van der Waals surface area contributed by atoms with Gasteiger partial charge in [-0.05, 0) is 34.9 Å². The van der Waals surface area contributed by atoms with Gasteiger partial charge in [-0.3, -0.25) is 4.79 Å². The number of tetrazole rings is 1. The molecule has 0 radical (unpaired) electrons. The zero-order chi connectivity index (χ0) is 15.5. The Kier molecular flexibility index (Phi) is 4.52. The van der Waals surface area contributed by atoms with Crippen LogP contribution in [0.5, 0.6) is 0 Å². The van der Waals surface area contributed by atoms with Crippen LogP contribution in [-0.4, -0.2) is 32.2 Å². The van der Waals surface area contributed by atoms with Gasteiger partial charge in [-0.25, -0.2) is 0 Å². The molecule has 0 unspecified atom stereocenters. The highest BCUT2D eigenvalue weighted by atomic mass is 32.1. The summed E-state index contributed by atoms with van der Waals surface area (Å²) < 4.78 is 0. The Hall–Kier alpha value is -1.76. The molecule has 0 bridgehead atoms. The van der Waals surface area contributed by atoms with Crippen molar-refractivity contribution in [1.29, 1.82) is 0 Å². The van der Waals surface area contributed by atoms with Gasteiger partial charge in [0, 0.05) is 17.0 Å². The van der Waals surface area contributed by atoms with E-state index in [0.717, 1.165) is 12.0 Å². The van der Waals surface area contributed by atoms with Crippen LogP contribution in [0, 0.1) is 11.8 Å². The number of aromatic nitrogens is 4. The van der Waals surface area contributed by atoms with E-state index in [1.807, 2.05) is 16.8 Å². The molecule has 0 aliphatic heterocycles. The maximum absolute atomic E-state index is 12.2. The molecule has 1 aliphatic rings. The molecule has 118 valence electrons. The lowest BCUT2D eigenvalue weighted by atomic mass is 9.78. The molecule has 7 heteroatoms. The summed E-state index contributed by atoms with van der Waals surface area (Å²) in [4.78, 5) is 13.6. The van der Waals surface area contributed by atoms with E-state index < -0.39 is 0 Å². The molecule has 2 aromatic heterocycles. The highest BCUT2D eigenvalue weighted by Gasteiger charge is 2.28. The van der Waals surface area contributed by atoms with Crippen molar-refractivity contribution in [2.75, 3.05) is 0 Å². The van der Waals surface area contributed by atoms with E-state index in [0.29, 0.717) is 17.7 Å². The highest BCUT2D eigenvalue weighted by molar-refractivity contribution is 7.08. The standard InChI is InChI=1S/C15H21N5OS/c1-10-4-3-5-13(11(10)2)16-14(21)8-20-18-15(17-19-20)12-6-7-22-9-12/h6-7,9-11,13H,3-5,8H2,1-2H3,(H,16,21)/t10-,11-,13-/m1/s1. The first-order valence-corrected chi connectivity index (χ1v) is 8.67. The van der Waals surface area contributed by atoms with Crippen molar-refractivity contribution in [2.24, 2.45) is 11.8 Å². The molecule has 2 heterocycles. The quantitative estimate of drug-likeness (QED) is 0.939. The second kappa shape index (κ2) is 6.56. The SMILES string of the molecule is C[C@@H]1[C@H](C)CCC[C@H]1NC(=O)Cn1nnc(-c2ccsc2)n1. The van der Waals surface area contributed by atoms with Gasteiger partial charge in [-0.1, -0.05) is 26.7 Å². The van der Waals surface area contributed by atoms with Crippen LogP contribution in [0.3, 0.4) is 0 Å². The maximum Gasteiger partial charge on any atom is 0.243 e. The number of carbonyl (C=O) groups excluding carboxylic acids is 1. The minimum atomic E-state index is -0.0415. The predicted octanol–water partition coefficient (Wildman–Crippen LogP) is 2.34. The predicted molar refractivity (Wildman–Crippen MR) is 85.2 cm³/mol. The van der Waals surface area contributed by atoms with Gasteiger partial charge in [-0.2, -0.15) is 16.1 Å². The molecule has 22 heavy (non-hydrogen) atoms. The molecule has 1 saturated carbocycles. The van der Waals surface area contributed by atoms with Crippen LogP contribution in [0.15, 0.2) is 16.8 Å². The first kappa shape index (κ1) is 15.1. The van der Waals surface area contributed by atoms with E-state index in [2.05, 4.69) is 34.6 Å². The summed E-state index contributed by atoms with van der Waals surface area (Å²) >= 11 is 1.58. The molecule has 3 rings (SSSR count). The van der Waals surface area contributed by atoms with Crippen LogP contribution in [0.4, 0.5) is 0 Å². The van der Waals surface area contributed by atoms with Crippen LogP contribution in [0.25, 0.3) is 11.4 Å². The summed E-state index contributed by atoms with van der Waals surface area (Å²) in [6, 6.07) is 2.20. The molecule has 1 fully saturated rings. The van der Waals surface area contributed by atoms with Gasteiger partial charge in [0.15, 0.2) is 0 Å². The average molecular weight is 319 g/mol. The van der Waals surface area contributed by atoms with E-state index in [1.54, 1.807) is 11.3 Å². The smallest absolute Gasteiger partial charge is 0.243 e. The largest absolute Gasteiger partial charge is 0.351 e. The summed E-state index contributed by atoms with van der Waals surface area (Å²) in [6.07, 6.45) is 3.49. The monoisotopic (exact) mass is 319 g/mol. The lowest BCUT2D eigenvalue weighted by Crippen LogP contribution is -2.45. The van der Waals surface area contributed by atoms with Crippen LogP contribution in [-0.2, 0) is 11.3 Å². The van der Waals surface area contributed by atoms with Crippen LogP contribution in [0.2, 0.25) is 0 Å². The van der Waals surface area contributed by atoms with Crippen molar-refractivity contribution >= 4 is 17.2 Å². The summed E-state index contributed by atoms with van der Waals surface area (Å²) in [6.45, 7) is 4.60. The second-order valence-electron chi connectivity index (χ2n) is 6.10. The van der Waals surface area contributed by atoms with Crippen LogP contribution in [0.1, 0.15) is 33.1 Å². The average Bonchev–Trinajstić information content (AvgIpc) is 3.14. The fourth-order valence-electron chi connectivity index (χ4n) is 2.98. The molecule has 0 aromatic carbocycles. The number of nitrogens with zero attached hydrogens (tertiary/aromatic N) is 4. The molecule has 1 N–H and O–H groups in total. The van der Waals surface area contributed by atoms with Crippen molar-refractivity contribution in [3.8, 4) is 11.4 Å². The Morgan fingerprint density at radius 2 is 2.32 bits per heavy atom. The third-order valence-electron chi connectivity index (χ3n) is 4.57. The topological polar surface area (TPSA) is 72.7 Å². The number of rotatable bonds is 4.